The molecule has 7 heteroatoms. The van der Waals surface area contributed by atoms with E-state index in [-0.39, 0.29) is 37.4 Å². The second kappa shape index (κ2) is 8.98. The number of para-hydroxylation sites is 1. The zero-order valence-corrected chi connectivity index (χ0v) is 16.7. The van der Waals surface area contributed by atoms with E-state index in [4.69, 9.17) is 5.11 Å². The van der Waals surface area contributed by atoms with Gasteiger partial charge in [-0.1, -0.05) is 31.2 Å². The molecular weight excluding hydrogens is 395 g/mol. The minimum Gasteiger partial charge on any atom is -0.481 e. The van der Waals surface area contributed by atoms with Gasteiger partial charge >= 0.3 is 12.1 Å². The van der Waals surface area contributed by atoms with Crippen LogP contribution in [0.1, 0.15) is 61.4 Å². The van der Waals surface area contributed by atoms with Crippen molar-refractivity contribution >= 4 is 28.2 Å². The Bertz CT molecular complexity index is 981. The number of carboxylic acid groups (broad SMARTS) is 1. The van der Waals surface area contributed by atoms with E-state index in [1.165, 1.54) is 6.20 Å². The van der Waals surface area contributed by atoms with Gasteiger partial charge < -0.3 is 5.11 Å². The summed E-state index contributed by atoms with van der Waals surface area (Å²) in [7, 11) is 0. The first-order chi connectivity index (χ1) is 14.1. The summed E-state index contributed by atoms with van der Waals surface area (Å²) in [5.74, 6) is -2.37. The molecule has 0 radical (unpaired) electrons. The maximum absolute atomic E-state index is 12.9. The Labute approximate surface area is 172 Å². The molecule has 0 bridgehead atoms. The molecule has 2 atom stereocenters. The quantitative estimate of drug-likeness (QED) is 0.555. The van der Waals surface area contributed by atoms with Gasteiger partial charge in [0, 0.05) is 35.6 Å². The van der Waals surface area contributed by atoms with Crippen molar-refractivity contribution in [1.82, 2.24) is 4.98 Å². The van der Waals surface area contributed by atoms with Crippen LogP contribution >= 0.6 is 0 Å². The fraction of sp³-hybridized carbons (Fsp3) is 0.435. The minimum atomic E-state index is -4.17. The molecule has 0 saturated carbocycles. The highest BCUT2D eigenvalue weighted by Gasteiger charge is 2.39. The Hall–Kier alpha value is -2.70. The molecule has 1 N–H and O–H groups in total. The van der Waals surface area contributed by atoms with Crippen LogP contribution in [0.4, 0.5) is 13.2 Å². The predicted molar refractivity (Wildman–Crippen MR) is 108 cm³/mol. The van der Waals surface area contributed by atoms with Gasteiger partial charge in [0.05, 0.1) is 11.4 Å². The fourth-order valence-corrected chi connectivity index (χ4v) is 3.87. The molecular formula is C23H24F3NO3. The second-order valence-electron chi connectivity index (χ2n) is 8.01. The number of carboxylic acids is 1. The van der Waals surface area contributed by atoms with E-state index in [2.05, 4.69) is 4.98 Å². The molecule has 3 rings (SSSR count). The van der Waals surface area contributed by atoms with Gasteiger partial charge in [0.15, 0.2) is 5.78 Å². The zero-order chi connectivity index (χ0) is 21.9. The van der Waals surface area contributed by atoms with Crippen molar-refractivity contribution in [2.45, 2.75) is 51.6 Å². The molecule has 30 heavy (non-hydrogen) atoms. The lowest BCUT2D eigenvalue weighted by Crippen LogP contribution is -2.24. The highest BCUT2D eigenvalue weighted by Crippen LogP contribution is 2.40. The number of pyridine rings is 1. The molecule has 0 saturated heterocycles. The molecule has 1 aliphatic carbocycles. The number of rotatable bonds is 7. The first kappa shape index (κ1) is 22.0. The van der Waals surface area contributed by atoms with Gasteiger partial charge in [0.2, 0.25) is 0 Å². The van der Waals surface area contributed by atoms with E-state index in [1.54, 1.807) is 19.1 Å². The van der Waals surface area contributed by atoms with E-state index in [9.17, 15) is 22.8 Å². The molecule has 1 unspecified atom stereocenters. The van der Waals surface area contributed by atoms with Crippen LogP contribution in [0.2, 0.25) is 0 Å². The van der Waals surface area contributed by atoms with Gasteiger partial charge in [-0.3, -0.25) is 14.6 Å². The number of halogens is 3. The Kier molecular flexibility index (Phi) is 6.58. The molecule has 0 fully saturated rings. The van der Waals surface area contributed by atoms with Crippen LogP contribution in [-0.4, -0.2) is 28.0 Å². The molecule has 1 aromatic carbocycles. The van der Waals surface area contributed by atoms with Gasteiger partial charge in [-0.2, -0.15) is 13.2 Å². The van der Waals surface area contributed by atoms with Crippen LogP contribution in [0.25, 0.3) is 16.5 Å². The van der Waals surface area contributed by atoms with Crippen LogP contribution in [0.3, 0.4) is 0 Å². The van der Waals surface area contributed by atoms with Crippen LogP contribution in [0.15, 0.2) is 36.5 Å². The van der Waals surface area contributed by atoms with Crippen molar-refractivity contribution in [1.29, 1.82) is 0 Å². The third-order valence-corrected chi connectivity index (χ3v) is 5.64. The Morgan fingerprint density at radius 1 is 1.30 bits per heavy atom. The van der Waals surface area contributed by atoms with Crippen LogP contribution in [-0.2, 0) is 4.79 Å². The van der Waals surface area contributed by atoms with E-state index in [1.807, 2.05) is 18.2 Å². The first-order valence-electron chi connectivity index (χ1n) is 10.0. The summed E-state index contributed by atoms with van der Waals surface area (Å²) in [6.07, 6.45) is 0.109. The molecule has 2 aromatic rings. The topological polar surface area (TPSA) is 67.3 Å². The number of nitrogens with zero attached hydrogens (tertiary/aromatic N) is 1. The molecule has 1 heterocycles. The average molecular weight is 419 g/mol. The van der Waals surface area contributed by atoms with E-state index in [0.29, 0.717) is 23.9 Å². The first-order valence-corrected chi connectivity index (χ1v) is 10.0. The van der Waals surface area contributed by atoms with E-state index in [0.717, 1.165) is 16.5 Å². The van der Waals surface area contributed by atoms with Gasteiger partial charge in [-0.15, -0.1) is 0 Å². The van der Waals surface area contributed by atoms with Gasteiger partial charge in [-0.05, 0) is 43.2 Å². The number of hydrogen-bond donors (Lipinski definition) is 1. The summed E-state index contributed by atoms with van der Waals surface area (Å²) in [4.78, 5) is 27.7. The molecule has 160 valence electrons. The summed E-state index contributed by atoms with van der Waals surface area (Å²) in [6, 6.07) is 7.25. The highest BCUT2D eigenvalue weighted by atomic mass is 19.4. The summed E-state index contributed by atoms with van der Waals surface area (Å²) in [6.45, 7) is 1.80. The molecule has 0 amide bonds. The largest absolute Gasteiger partial charge is 0.481 e. The van der Waals surface area contributed by atoms with Crippen molar-refractivity contribution in [3.63, 3.8) is 0 Å². The van der Waals surface area contributed by atoms with Gasteiger partial charge in [0.1, 0.15) is 0 Å². The number of carbonyl (C=O) groups is 2. The number of ketones is 1. The lowest BCUT2D eigenvalue weighted by atomic mass is 9.85. The number of benzene rings is 1. The number of Topliss-reactive ketones (excluding diaryl/α,β-unsaturated/α-hetero) is 1. The normalized spacial score (nSPS) is 18.1. The van der Waals surface area contributed by atoms with Crippen molar-refractivity contribution < 1.29 is 27.9 Å². The predicted octanol–water partition coefficient (Wildman–Crippen LogP) is 6.05. The van der Waals surface area contributed by atoms with Gasteiger partial charge in [-0.25, -0.2) is 0 Å². The number of allylic oxidation sites excluding steroid dienone is 2. The highest BCUT2D eigenvalue weighted by molar-refractivity contribution is 6.00. The summed E-state index contributed by atoms with van der Waals surface area (Å²) >= 11 is 0. The van der Waals surface area contributed by atoms with Crippen molar-refractivity contribution in [3.8, 4) is 0 Å². The number of alkyl halides is 3. The van der Waals surface area contributed by atoms with Crippen LogP contribution in [0.5, 0.6) is 0 Å². The van der Waals surface area contributed by atoms with Crippen molar-refractivity contribution in [2.24, 2.45) is 11.8 Å². The maximum Gasteiger partial charge on any atom is 0.392 e. The second-order valence-corrected chi connectivity index (χ2v) is 8.01. The van der Waals surface area contributed by atoms with Crippen LogP contribution < -0.4 is 0 Å². The average Bonchev–Trinajstić information content (AvgIpc) is 2.70. The summed E-state index contributed by atoms with van der Waals surface area (Å²) < 4.78 is 38.7. The molecule has 4 nitrogen and oxygen atoms in total. The maximum atomic E-state index is 12.9. The number of hydrogen-bond acceptors (Lipinski definition) is 3. The number of aromatic nitrogens is 1. The number of aliphatic carboxylic acids is 1. The SMILES string of the molecule is C[C@@H](CCC(=O)c1cnc2c(C3=CCC(C(F)(F)F)CC3)cccc2c1)CC(=O)O. The molecule has 0 aliphatic heterocycles. The number of fused-ring (bicyclic) bond motifs is 1. The molecule has 1 aromatic heterocycles. The Morgan fingerprint density at radius 2 is 2.07 bits per heavy atom. The summed E-state index contributed by atoms with van der Waals surface area (Å²) in [5.41, 5.74) is 2.79. The Morgan fingerprint density at radius 3 is 2.70 bits per heavy atom. The van der Waals surface area contributed by atoms with Gasteiger partial charge in [0.25, 0.3) is 0 Å². The molecule has 0 spiro atoms. The molecule has 1 aliphatic rings. The monoisotopic (exact) mass is 419 g/mol. The Balaban J connectivity index is 1.77. The zero-order valence-electron chi connectivity index (χ0n) is 16.7. The smallest absolute Gasteiger partial charge is 0.392 e. The minimum absolute atomic E-state index is 0.0247. The number of carbonyl (C=O) groups excluding carboxylic acids is 1. The van der Waals surface area contributed by atoms with E-state index >= 15 is 0 Å². The third-order valence-electron chi connectivity index (χ3n) is 5.64. The lowest BCUT2D eigenvalue weighted by Gasteiger charge is -2.24. The fourth-order valence-electron chi connectivity index (χ4n) is 3.87. The van der Waals surface area contributed by atoms with E-state index < -0.39 is 18.1 Å². The van der Waals surface area contributed by atoms with Crippen LogP contribution in [0, 0.1) is 11.8 Å². The summed E-state index contributed by atoms with van der Waals surface area (Å²) in [5, 5.41) is 9.58. The third kappa shape index (κ3) is 5.26. The van der Waals surface area contributed by atoms with Crippen molar-refractivity contribution in [3.05, 3.63) is 47.7 Å². The lowest BCUT2D eigenvalue weighted by molar-refractivity contribution is -0.175. The van der Waals surface area contributed by atoms with Crippen molar-refractivity contribution in [2.75, 3.05) is 0 Å². The standard InChI is InChI=1S/C23H24F3NO3/c1-14(11-21(29)30)5-10-20(28)17-12-16-3-2-4-19(22(16)27-13-17)15-6-8-18(9-7-15)23(24,25)26/h2-4,6,12-14,18H,5,7-11H2,1H3,(H,29,30)/t14-,18?/m0/s1.